The molecule has 0 aliphatic rings. The number of hydrogen-bond acceptors (Lipinski definition) is 1. The Morgan fingerprint density at radius 2 is 2.12 bits per heavy atom. The van der Waals surface area contributed by atoms with E-state index in [0.717, 1.165) is 16.6 Å². The minimum atomic E-state index is 0.376. The lowest BCUT2D eigenvalue weighted by Crippen LogP contribution is -1.85. The first-order valence-electron chi connectivity index (χ1n) is 5.41. The SMILES string of the molecule is CC(C)/C=C(\C#N)c1cc2ccccc2[nH]1. The van der Waals surface area contributed by atoms with Gasteiger partial charge in [-0.1, -0.05) is 38.1 Å². The molecule has 1 N–H and O–H groups in total. The molecule has 1 aromatic heterocycles. The van der Waals surface area contributed by atoms with Crippen LogP contribution in [0.4, 0.5) is 0 Å². The number of aromatic nitrogens is 1. The number of fused-ring (bicyclic) bond motifs is 1. The van der Waals surface area contributed by atoms with Gasteiger partial charge in [-0.2, -0.15) is 5.26 Å². The van der Waals surface area contributed by atoms with Gasteiger partial charge in [-0.3, -0.25) is 0 Å². The van der Waals surface area contributed by atoms with Crippen molar-refractivity contribution >= 4 is 16.5 Å². The topological polar surface area (TPSA) is 39.6 Å². The highest BCUT2D eigenvalue weighted by atomic mass is 14.7. The van der Waals surface area contributed by atoms with Crippen LogP contribution in [-0.2, 0) is 0 Å². The fraction of sp³-hybridized carbons (Fsp3) is 0.214. The Kier molecular flexibility index (Phi) is 2.78. The van der Waals surface area contributed by atoms with Gasteiger partial charge in [-0.25, -0.2) is 0 Å². The van der Waals surface area contributed by atoms with Crippen LogP contribution < -0.4 is 0 Å². The Morgan fingerprint density at radius 3 is 2.75 bits per heavy atom. The third kappa shape index (κ3) is 1.99. The van der Waals surface area contributed by atoms with E-state index in [1.54, 1.807) is 0 Å². The van der Waals surface area contributed by atoms with Crippen LogP contribution in [0.25, 0.3) is 16.5 Å². The number of aromatic amines is 1. The molecule has 0 aliphatic heterocycles. The molecule has 0 aliphatic carbocycles. The molecule has 0 bridgehead atoms. The fourth-order valence-electron chi connectivity index (χ4n) is 1.74. The quantitative estimate of drug-likeness (QED) is 0.754. The van der Waals surface area contributed by atoms with Crippen molar-refractivity contribution in [2.24, 2.45) is 5.92 Å². The maximum atomic E-state index is 9.12. The highest BCUT2D eigenvalue weighted by molar-refractivity contribution is 5.87. The molecule has 2 nitrogen and oxygen atoms in total. The van der Waals surface area contributed by atoms with Gasteiger partial charge >= 0.3 is 0 Å². The van der Waals surface area contributed by atoms with Gasteiger partial charge in [0.1, 0.15) is 6.07 Å². The minimum absolute atomic E-state index is 0.376. The summed E-state index contributed by atoms with van der Waals surface area (Å²) in [4.78, 5) is 3.26. The molecule has 0 saturated heterocycles. The van der Waals surface area contributed by atoms with Gasteiger partial charge in [-0.05, 0) is 18.1 Å². The van der Waals surface area contributed by atoms with Gasteiger partial charge in [0.15, 0.2) is 0 Å². The summed E-state index contributed by atoms with van der Waals surface area (Å²) in [5.74, 6) is 0.376. The maximum absolute atomic E-state index is 9.12. The highest BCUT2D eigenvalue weighted by Gasteiger charge is 2.05. The van der Waals surface area contributed by atoms with E-state index in [9.17, 15) is 0 Å². The summed E-state index contributed by atoms with van der Waals surface area (Å²) in [6.45, 7) is 4.14. The lowest BCUT2D eigenvalue weighted by molar-refractivity contribution is 0.834. The molecule has 16 heavy (non-hydrogen) atoms. The van der Waals surface area contributed by atoms with Gasteiger partial charge < -0.3 is 4.98 Å². The predicted octanol–water partition coefficient (Wildman–Crippen LogP) is 3.73. The van der Waals surface area contributed by atoms with E-state index in [1.807, 2.05) is 36.4 Å². The summed E-state index contributed by atoms with van der Waals surface area (Å²) in [5.41, 5.74) is 2.69. The Morgan fingerprint density at radius 1 is 1.38 bits per heavy atom. The second-order valence-corrected chi connectivity index (χ2v) is 4.21. The zero-order valence-electron chi connectivity index (χ0n) is 9.49. The number of benzene rings is 1. The van der Waals surface area contributed by atoms with Gasteiger partial charge in [-0.15, -0.1) is 0 Å². The molecule has 0 saturated carbocycles. The molecule has 0 atom stereocenters. The zero-order valence-corrected chi connectivity index (χ0v) is 9.49. The molecule has 0 amide bonds. The van der Waals surface area contributed by atoms with Crippen LogP contribution >= 0.6 is 0 Å². The minimum Gasteiger partial charge on any atom is -0.354 e. The molecule has 2 aromatic rings. The zero-order chi connectivity index (χ0) is 11.5. The van der Waals surface area contributed by atoms with Crippen LogP contribution in [0.15, 0.2) is 36.4 Å². The van der Waals surface area contributed by atoms with Crippen molar-refractivity contribution < 1.29 is 0 Å². The summed E-state index contributed by atoms with van der Waals surface area (Å²) >= 11 is 0. The molecule has 0 fully saturated rings. The first kappa shape index (κ1) is 10.5. The highest BCUT2D eigenvalue weighted by Crippen LogP contribution is 2.21. The number of para-hydroxylation sites is 1. The molecule has 1 aromatic carbocycles. The molecular formula is C14H14N2. The second-order valence-electron chi connectivity index (χ2n) is 4.21. The average molecular weight is 210 g/mol. The van der Waals surface area contributed by atoms with Gasteiger partial charge in [0, 0.05) is 10.9 Å². The van der Waals surface area contributed by atoms with Crippen LogP contribution in [0.3, 0.4) is 0 Å². The third-order valence-electron chi connectivity index (χ3n) is 2.44. The molecule has 0 spiro atoms. The van der Waals surface area contributed by atoms with E-state index in [-0.39, 0.29) is 0 Å². The van der Waals surface area contributed by atoms with Crippen molar-refractivity contribution in [1.29, 1.82) is 5.26 Å². The lowest BCUT2D eigenvalue weighted by atomic mass is 10.1. The second kappa shape index (κ2) is 4.24. The monoisotopic (exact) mass is 210 g/mol. The summed E-state index contributed by atoms with van der Waals surface area (Å²) < 4.78 is 0. The van der Waals surface area contributed by atoms with Gasteiger partial charge in [0.25, 0.3) is 0 Å². The van der Waals surface area contributed by atoms with Crippen molar-refractivity contribution in [3.05, 3.63) is 42.1 Å². The van der Waals surface area contributed by atoms with Crippen molar-refractivity contribution in [3.8, 4) is 6.07 Å². The van der Waals surface area contributed by atoms with E-state index < -0.39 is 0 Å². The lowest BCUT2D eigenvalue weighted by Gasteiger charge is -1.97. The number of rotatable bonds is 2. The Hall–Kier alpha value is -2.01. The Balaban J connectivity index is 2.51. The summed E-state index contributed by atoms with van der Waals surface area (Å²) in [7, 11) is 0. The van der Waals surface area contributed by atoms with E-state index in [0.29, 0.717) is 11.5 Å². The standard InChI is InChI=1S/C14H14N2/c1-10(2)7-12(9-15)14-8-11-5-3-4-6-13(11)16-14/h3-8,10,16H,1-2H3/b12-7+. The first-order valence-corrected chi connectivity index (χ1v) is 5.41. The summed E-state index contributed by atoms with van der Waals surface area (Å²) in [6, 6.07) is 12.3. The molecule has 0 radical (unpaired) electrons. The van der Waals surface area contributed by atoms with Crippen molar-refractivity contribution in [2.45, 2.75) is 13.8 Å². The summed E-state index contributed by atoms with van der Waals surface area (Å²) in [5, 5.41) is 10.3. The smallest absolute Gasteiger partial charge is 0.101 e. The van der Waals surface area contributed by atoms with E-state index in [2.05, 4.69) is 24.9 Å². The number of allylic oxidation sites excluding steroid dienone is 2. The largest absolute Gasteiger partial charge is 0.354 e. The van der Waals surface area contributed by atoms with Crippen LogP contribution in [0.1, 0.15) is 19.5 Å². The fourth-order valence-corrected chi connectivity index (χ4v) is 1.74. The maximum Gasteiger partial charge on any atom is 0.101 e. The van der Waals surface area contributed by atoms with E-state index in [1.165, 1.54) is 0 Å². The van der Waals surface area contributed by atoms with Crippen molar-refractivity contribution in [3.63, 3.8) is 0 Å². The molecular weight excluding hydrogens is 196 g/mol. The molecule has 2 rings (SSSR count). The van der Waals surface area contributed by atoms with Crippen LogP contribution in [0, 0.1) is 17.2 Å². The third-order valence-corrected chi connectivity index (χ3v) is 2.44. The first-order chi connectivity index (χ1) is 7.70. The molecule has 0 unspecified atom stereocenters. The normalized spacial score (nSPS) is 12.0. The predicted molar refractivity (Wildman–Crippen MR) is 66.7 cm³/mol. The number of nitrogens with zero attached hydrogens (tertiary/aromatic N) is 1. The average Bonchev–Trinajstić information content (AvgIpc) is 2.68. The molecule has 1 heterocycles. The molecule has 2 heteroatoms. The number of nitrogens with one attached hydrogen (secondary N) is 1. The number of nitriles is 1. The van der Waals surface area contributed by atoms with E-state index >= 15 is 0 Å². The Bertz CT molecular complexity index is 535. The van der Waals surface area contributed by atoms with Crippen molar-refractivity contribution in [1.82, 2.24) is 4.98 Å². The Labute approximate surface area is 95.2 Å². The van der Waals surface area contributed by atoms with Crippen molar-refractivity contribution in [2.75, 3.05) is 0 Å². The van der Waals surface area contributed by atoms with Crippen LogP contribution in [-0.4, -0.2) is 4.98 Å². The molecule has 80 valence electrons. The summed E-state index contributed by atoms with van der Waals surface area (Å²) in [6.07, 6.45) is 1.98. The number of H-pyrrole nitrogens is 1. The van der Waals surface area contributed by atoms with Gasteiger partial charge in [0.05, 0.1) is 11.3 Å². The van der Waals surface area contributed by atoms with Crippen LogP contribution in [0.5, 0.6) is 0 Å². The van der Waals surface area contributed by atoms with Crippen LogP contribution in [0.2, 0.25) is 0 Å². The van der Waals surface area contributed by atoms with Gasteiger partial charge in [0.2, 0.25) is 0 Å². The number of hydrogen-bond donors (Lipinski definition) is 1. The van der Waals surface area contributed by atoms with E-state index in [4.69, 9.17) is 5.26 Å².